The first-order chi connectivity index (χ1) is 16.3. The maximum atomic E-state index is 14.0. The van der Waals surface area contributed by atoms with Crippen LogP contribution in [0.15, 0.2) is 65.6 Å². The number of hydrogen-bond acceptors (Lipinski definition) is 6. The Morgan fingerprint density at radius 3 is 2.53 bits per heavy atom. The molecule has 0 aliphatic carbocycles. The molecule has 1 N–H and O–H groups in total. The van der Waals surface area contributed by atoms with E-state index in [4.69, 9.17) is 14.2 Å². The van der Waals surface area contributed by atoms with E-state index >= 15 is 0 Å². The summed E-state index contributed by atoms with van der Waals surface area (Å²) in [4.78, 5) is 0.193. The molecule has 0 fully saturated rings. The van der Waals surface area contributed by atoms with Gasteiger partial charge in [-0.1, -0.05) is 45.0 Å². The molecule has 2 aliphatic heterocycles. The van der Waals surface area contributed by atoms with Crippen LogP contribution in [0.2, 0.25) is 0 Å². The van der Waals surface area contributed by atoms with Crippen LogP contribution in [0, 0.1) is 5.92 Å². The van der Waals surface area contributed by atoms with Gasteiger partial charge in [0.25, 0.3) is 10.0 Å². The summed E-state index contributed by atoms with van der Waals surface area (Å²) in [6, 6.07) is 16.6. The second kappa shape index (κ2) is 8.43. The zero-order valence-electron chi connectivity index (χ0n) is 19.3. The Balaban J connectivity index is 1.67. The van der Waals surface area contributed by atoms with Gasteiger partial charge in [-0.15, -0.1) is 0 Å². The quantitative estimate of drug-likeness (QED) is 0.520. The summed E-state index contributed by atoms with van der Waals surface area (Å²) < 4.78 is 46.2. The van der Waals surface area contributed by atoms with Crippen molar-refractivity contribution >= 4 is 15.7 Å². The van der Waals surface area contributed by atoms with Gasteiger partial charge in [-0.2, -0.15) is 0 Å². The van der Waals surface area contributed by atoms with E-state index in [2.05, 4.69) is 0 Å². The van der Waals surface area contributed by atoms with E-state index in [9.17, 15) is 13.5 Å². The Morgan fingerprint density at radius 2 is 1.79 bits per heavy atom. The third-order valence-corrected chi connectivity index (χ3v) is 7.98. The van der Waals surface area contributed by atoms with Crippen molar-refractivity contribution in [3.05, 3.63) is 71.8 Å². The minimum Gasteiger partial charge on any atom is -0.504 e. The monoisotopic (exact) mass is 481 g/mol. The van der Waals surface area contributed by atoms with Crippen LogP contribution in [0.5, 0.6) is 23.0 Å². The molecular formula is C26H27NO6S. The molecule has 0 bridgehead atoms. The highest BCUT2D eigenvalue weighted by molar-refractivity contribution is 7.92. The van der Waals surface area contributed by atoms with E-state index in [-0.39, 0.29) is 35.0 Å². The Hall–Kier alpha value is -3.39. The summed E-state index contributed by atoms with van der Waals surface area (Å²) in [5, 5.41) is 10.7. The molecule has 2 aliphatic rings. The molecular weight excluding hydrogens is 454 g/mol. The first kappa shape index (κ1) is 22.4. The Labute approximate surface area is 199 Å². The fourth-order valence-electron chi connectivity index (χ4n) is 4.53. The largest absolute Gasteiger partial charge is 0.504 e. The fraction of sp³-hybridized carbons (Fsp3) is 0.308. The lowest BCUT2D eigenvalue weighted by Gasteiger charge is -2.29. The van der Waals surface area contributed by atoms with Gasteiger partial charge in [-0.25, -0.2) is 8.42 Å². The summed E-state index contributed by atoms with van der Waals surface area (Å²) in [5.41, 5.74) is 2.00. The molecule has 0 saturated carbocycles. The van der Waals surface area contributed by atoms with Crippen molar-refractivity contribution in [3.63, 3.8) is 0 Å². The molecule has 8 heteroatoms. The van der Waals surface area contributed by atoms with Gasteiger partial charge in [0.05, 0.1) is 23.2 Å². The topological polar surface area (TPSA) is 85.3 Å². The van der Waals surface area contributed by atoms with Crippen molar-refractivity contribution in [1.29, 1.82) is 0 Å². The van der Waals surface area contributed by atoms with E-state index in [0.29, 0.717) is 23.8 Å². The maximum absolute atomic E-state index is 14.0. The molecule has 5 rings (SSSR count). The van der Waals surface area contributed by atoms with Crippen molar-refractivity contribution in [1.82, 2.24) is 0 Å². The standard InChI is InChI=1S/C26H27NO6S/c1-16(2)14-31-24-13-21-20(12-22(24)28)17(3)26(18-9-10-23-25(11-18)33-15-32-23)27(21)34(29,30)19-7-5-4-6-8-19/h4-13,16-17,26,28H,14-15H2,1-3H3/t17-,26-/m0/s1. The maximum Gasteiger partial charge on any atom is 0.264 e. The third-order valence-electron chi connectivity index (χ3n) is 6.17. The highest BCUT2D eigenvalue weighted by Gasteiger charge is 2.45. The van der Waals surface area contributed by atoms with E-state index in [1.807, 2.05) is 32.9 Å². The molecule has 3 aromatic rings. The van der Waals surface area contributed by atoms with E-state index in [0.717, 1.165) is 11.1 Å². The van der Waals surface area contributed by atoms with E-state index < -0.39 is 16.1 Å². The molecule has 2 heterocycles. The van der Waals surface area contributed by atoms with Gasteiger partial charge in [0.15, 0.2) is 23.0 Å². The number of aromatic hydroxyl groups is 1. The van der Waals surface area contributed by atoms with Gasteiger partial charge >= 0.3 is 0 Å². The zero-order chi connectivity index (χ0) is 24.0. The van der Waals surface area contributed by atoms with Crippen LogP contribution in [0.25, 0.3) is 0 Å². The molecule has 2 atom stereocenters. The smallest absolute Gasteiger partial charge is 0.264 e. The van der Waals surface area contributed by atoms with Crippen molar-refractivity contribution in [2.75, 3.05) is 17.7 Å². The molecule has 0 radical (unpaired) electrons. The molecule has 3 aromatic carbocycles. The number of anilines is 1. The number of nitrogens with zero attached hydrogens (tertiary/aromatic N) is 1. The van der Waals surface area contributed by atoms with Gasteiger partial charge in [-0.3, -0.25) is 4.31 Å². The lowest BCUT2D eigenvalue weighted by molar-refractivity contribution is 0.174. The summed E-state index contributed by atoms with van der Waals surface area (Å²) in [6.07, 6.45) is 0. The highest BCUT2D eigenvalue weighted by Crippen LogP contribution is 2.54. The number of sulfonamides is 1. The van der Waals surface area contributed by atoms with Crippen LogP contribution in [0.4, 0.5) is 5.69 Å². The van der Waals surface area contributed by atoms with Gasteiger partial charge in [-0.05, 0) is 47.4 Å². The minimum absolute atomic E-state index is 0.00496. The van der Waals surface area contributed by atoms with Crippen LogP contribution in [0.1, 0.15) is 43.9 Å². The summed E-state index contributed by atoms with van der Waals surface area (Å²) >= 11 is 0. The van der Waals surface area contributed by atoms with Gasteiger partial charge < -0.3 is 19.3 Å². The van der Waals surface area contributed by atoms with Crippen LogP contribution in [-0.4, -0.2) is 26.9 Å². The average molecular weight is 482 g/mol. The van der Waals surface area contributed by atoms with Gasteiger partial charge in [0.1, 0.15) is 0 Å². The molecule has 0 saturated heterocycles. The molecule has 0 spiro atoms. The summed E-state index contributed by atoms with van der Waals surface area (Å²) in [6.45, 7) is 6.51. The van der Waals surface area contributed by atoms with Crippen LogP contribution in [0.3, 0.4) is 0 Å². The first-order valence-electron chi connectivity index (χ1n) is 11.3. The second-order valence-electron chi connectivity index (χ2n) is 9.04. The lowest BCUT2D eigenvalue weighted by Crippen LogP contribution is -2.33. The van der Waals surface area contributed by atoms with E-state index in [1.54, 1.807) is 48.5 Å². The van der Waals surface area contributed by atoms with E-state index in [1.165, 1.54) is 4.31 Å². The van der Waals surface area contributed by atoms with Crippen molar-refractivity contribution in [2.45, 2.75) is 37.6 Å². The van der Waals surface area contributed by atoms with Crippen molar-refractivity contribution < 1.29 is 27.7 Å². The Bertz CT molecular complexity index is 1320. The van der Waals surface area contributed by atoms with Crippen LogP contribution in [-0.2, 0) is 10.0 Å². The molecule has 0 aromatic heterocycles. The molecule has 0 amide bonds. The minimum atomic E-state index is -3.93. The normalized spacial score (nSPS) is 18.9. The number of phenols is 1. The number of phenolic OH excluding ortho intramolecular Hbond substituents is 1. The molecule has 0 unspecified atom stereocenters. The zero-order valence-corrected chi connectivity index (χ0v) is 20.1. The number of hydrogen-bond donors (Lipinski definition) is 1. The van der Waals surface area contributed by atoms with Gasteiger partial charge in [0, 0.05) is 12.0 Å². The lowest BCUT2D eigenvalue weighted by atomic mass is 9.92. The number of benzene rings is 3. The number of rotatable bonds is 6. The molecule has 178 valence electrons. The third kappa shape index (κ3) is 3.72. The van der Waals surface area contributed by atoms with Crippen molar-refractivity contribution in [3.8, 4) is 23.0 Å². The average Bonchev–Trinajstić information content (AvgIpc) is 3.40. The Kier molecular flexibility index (Phi) is 5.56. The second-order valence-corrected chi connectivity index (χ2v) is 10.9. The SMILES string of the molecule is CC(C)COc1cc2c(cc1O)[C@H](C)[C@@H](c1ccc3c(c1)OCO3)N2S(=O)(=O)c1ccccc1. The highest BCUT2D eigenvalue weighted by atomic mass is 32.2. The molecule has 7 nitrogen and oxygen atoms in total. The van der Waals surface area contributed by atoms with Gasteiger partial charge in [0.2, 0.25) is 6.79 Å². The number of ether oxygens (including phenoxy) is 3. The number of fused-ring (bicyclic) bond motifs is 2. The van der Waals surface area contributed by atoms with Crippen LogP contribution >= 0.6 is 0 Å². The predicted molar refractivity (Wildman–Crippen MR) is 128 cm³/mol. The predicted octanol–water partition coefficient (Wildman–Crippen LogP) is 5.21. The van der Waals surface area contributed by atoms with Crippen molar-refractivity contribution in [2.24, 2.45) is 5.92 Å². The molecule has 34 heavy (non-hydrogen) atoms. The summed E-state index contributed by atoms with van der Waals surface area (Å²) in [5.74, 6) is 1.48. The fourth-order valence-corrected chi connectivity index (χ4v) is 6.28. The summed E-state index contributed by atoms with van der Waals surface area (Å²) in [7, 11) is -3.93. The van der Waals surface area contributed by atoms with Crippen LogP contribution < -0.4 is 18.5 Å². The Morgan fingerprint density at radius 1 is 1.06 bits per heavy atom. The first-order valence-corrected chi connectivity index (χ1v) is 12.7.